The second kappa shape index (κ2) is 4.53. The van der Waals surface area contributed by atoms with Crippen LogP contribution in [0, 0.1) is 0 Å². The first-order valence-electron chi connectivity index (χ1n) is 5.55. The van der Waals surface area contributed by atoms with E-state index in [9.17, 15) is 5.11 Å². The van der Waals surface area contributed by atoms with Gasteiger partial charge < -0.3 is 14.6 Å². The first-order valence-corrected chi connectivity index (χ1v) is 5.55. The molecule has 1 saturated carbocycles. The van der Waals surface area contributed by atoms with E-state index in [1.54, 1.807) is 14.2 Å². The van der Waals surface area contributed by atoms with Gasteiger partial charge in [-0.2, -0.15) is 0 Å². The molecule has 1 aromatic rings. The predicted octanol–water partition coefficient (Wildman–Crippen LogP) is 2.00. The first kappa shape index (κ1) is 11.6. The maximum absolute atomic E-state index is 10.2. The van der Waals surface area contributed by atoms with Gasteiger partial charge in [0.1, 0.15) is 6.10 Å². The number of hydrogen-bond acceptors (Lipinski definition) is 3. The minimum absolute atomic E-state index is 0.106. The molecule has 3 nitrogen and oxygen atoms in total. The molecule has 0 saturated heterocycles. The molecule has 0 aliphatic heterocycles. The van der Waals surface area contributed by atoms with E-state index in [4.69, 9.17) is 9.47 Å². The molecule has 0 heterocycles. The maximum Gasteiger partial charge on any atom is 0.106 e. The molecule has 1 N–H and O–H groups in total. The highest BCUT2D eigenvalue weighted by atomic mass is 16.5. The van der Waals surface area contributed by atoms with E-state index >= 15 is 0 Å². The van der Waals surface area contributed by atoms with Gasteiger partial charge in [0.15, 0.2) is 0 Å². The summed E-state index contributed by atoms with van der Waals surface area (Å²) in [4.78, 5) is 0. The molecule has 1 atom stereocenters. The lowest BCUT2D eigenvalue weighted by molar-refractivity contribution is 0.0247. The van der Waals surface area contributed by atoms with Crippen LogP contribution in [0.2, 0.25) is 0 Å². The monoisotopic (exact) mass is 222 g/mol. The zero-order chi connectivity index (χ0) is 11.6. The van der Waals surface area contributed by atoms with Crippen LogP contribution in [0.25, 0.3) is 0 Å². The van der Waals surface area contributed by atoms with Crippen LogP contribution >= 0.6 is 0 Å². The van der Waals surface area contributed by atoms with E-state index in [1.165, 1.54) is 0 Å². The fraction of sp³-hybridized carbons (Fsp3) is 0.538. The molecular weight excluding hydrogens is 204 g/mol. The van der Waals surface area contributed by atoms with Gasteiger partial charge in [0.25, 0.3) is 0 Å². The zero-order valence-electron chi connectivity index (χ0n) is 9.77. The van der Waals surface area contributed by atoms with Crippen molar-refractivity contribution in [1.82, 2.24) is 0 Å². The normalized spacial score (nSPS) is 19.4. The van der Waals surface area contributed by atoms with E-state index in [0.717, 1.165) is 24.0 Å². The third-order valence-electron chi connectivity index (χ3n) is 3.14. The van der Waals surface area contributed by atoms with Crippen molar-refractivity contribution in [3.8, 4) is 0 Å². The van der Waals surface area contributed by atoms with Gasteiger partial charge in [-0.15, -0.1) is 0 Å². The third kappa shape index (κ3) is 2.12. The number of benzene rings is 1. The molecule has 1 aromatic carbocycles. The van der Waals surface area contributed by atoms with Crippen LogP contribution < -0.4 is 0 Å². The largest absolute Gasteiger partial charge is 0.385 e. The van der Waals surface area contributed by atoms with Crippen LogP contribution in [0.4, 0.5) is 0 Å². The summed E-state index contributed by atoms with van der Waals surface area (Å²) in [5.74, 6) is 0. The second-order valence-electron chi connectivity index (χ2n) is 4.30. The average molecular weight is 222 g/mol. The minimum atomic E-state index is -0.624. The lowest BCUT2D eigenvalue weighted by Crippen LogP contribution is -2.15. The zero-order valence-corrected chi connectivity index (χ0v) is 9.77. The molecule has 0 spiro atoms. The lowest BCUT2D eigenvalue weighted by atomic mass is 9.97. The van der Waals surface area contributed by atoms with Crippen molar-refractivity contribution in [3.63, 3.8) is 0 Å². The van der Waals surface area contributed by atoms with Gasteiger partial charge in [-0.1, -0.05) is 24.3 Å². The van der Waals surface area contributed by atoms with Crippen molar-refractivity contribution in [3.05, 3.63) is 35.4 Å². The highest BCUT2D eigenvalue weighted by molar-refractivity contribution is 5.37. The van der Waals surface area contributed by atoms with Gasteiger partial charge in [0.2, 0.25) is 0 Å². The van der Waals surface area contributed by atoms with Crippen molar-refractivity contribution < 1.29 is 14.6 Å². The molecule has 0 bridgehead atoms. The Morgan fingerprint density at radius 1 is 1.31 bits per heavy atom. The predicted molar refractivity (Wildman–Crippen MR) is 61.2 cm³/mol. The first-order chi connectivity index (χ1) is 7.71. The molecular formula is C13H18O3. The molecule has 2 rings (SSSR count). The molecule has 88 valence electrons. The van der Waals surface area contributed by atoms with Crippen LogP contribution in [0.1, 0.15) is 30.1 Å². The van der Waals surface area contributed by atoms with Crippen molar-refractivity contribution >= 4 is 0 Å². The summed E-state index contributed by atoms with van der Waals surface area (Å²) in [5, 5.41) is 10.2. The molecule has 0 aromatic heterocycles. The van der Waals surface area contributed by atoms with E-state index in [0.29, 0.717) is 6.61 Å². The maximum atomic E-state index is 10.2. The molecule has 0 amide bonds. The number of methoxy groups -OCH3 is 2. The summed E-state index contributed by atoms with van der Waals surface area (Å²) < 4.78 is 10.5. The van der Waals surface area contributed by atoms with Crippen LogP contribution in [0.5, 0.6) is 0 Å². The Bertz CT molecular complexity index is 358. The Kier molecular flexibility index (Phi) is 3.28. The fourth-order valence-corrected chi connectivity index (χ4v) is 2.03. The summed E-state index contributed by atoms with van der Waals surface area (Å²) >= 11 is 0. The van der Waals surface area contributed by atoms with Crippen molar-refractivity contribution in [2.24, 2.45) is 0 Å². The number of rotatable bonds is 5. The fourth-order valence-electron chi connectivity index (χ4n) is 2.03. The van der Waals surface area contributed by atoms with Gasteiger partial charge in [0, 0.05) is 14.2 Å². The summed E-state index contributed by atoms with van der Waals surface area (Å²) in [6.45, 7) is 0.504. The van der Waals surface area contributed by atoms with Crippen LogP contribution in [0.15, 0.2) is 24.3 Å². The molecule has 1 fully saturated rings. The smallest absolute Gasteiger partial charge is 0.106 e. The third-order valence-corrected chi connectivity index (χ3v) is 3.14. The van der Waals surface area contributed by atoms with Crippen LogP contribution in [-0.2, 0) is 15.1 Å². The molecule has 1 aliphatic carbocycles. The molecule has 1 aliphatic rings. The van der Waals surface area contributed by atoms with Gasteiger partial charge in [-0.05, 0) is 24.0 Å². The van der Waals surface area contributed by atoms with E-state index in [1.807, 2.05) is 24.3 Å². The Morgan fingerprint density at radius 3 is 2.56 bits per heavy atom. The van der Waals surface area contributed by atoms with Crippen LogP contribution in [0.3, 0.4) is 0 Å². The summed E-state index contributed by atoms with van der Waals surface area (Å²) in [5.41, 5.74) is 1.40. The Balaban J connectivity index is 2.31. The Labute approximate surface area is 96.0 Å². The Hall–Kier alpha value is -0.900. The summed E-state index contributed by atoms with van der Waals surface area (Å²) in [7, 11) is 3.32. The van der Waals surface area contributed by atoms with Crippen LogP contribution in [-0.4, -0.2) is 25.9 Å². The number of ether oxygens (including phenoxy) is 2. The summed E-state index contributed by atoms with van der Waals surface area (Å²) in [6.07, 6.45) is 1.58. The van der Waals surface area contributed by atoms with Crippen molar-refractivity contribution in [2.75, 3.05) is 20.8 Å². The van der Waals surface area contributed by atoms with Gasteiger partial charge in [-0.3, -0.25) is 0 Å². The lowest BCUT2D eigenvalue weighted by Gasteiger charge is -2.21. The van der Waals surface area contributed by atoms with Gasteiger partial charge in [0.05, 0.1) is 12.2 Å². The topological polar surface area (TPSA) is 38.7 Å². The van der Waals surface area contributed by atoms with Gasteiger partial charge >= 0.3 is 0 Å². The number of hydrogen-bond donors (Lipinski definition) is 1. The Morgan fingerprint density at radius 2 is 2.00 bits per heavy atom. The van der Waals surface area contributed by atoms with E-state index < -0.39 is 5.60 Å². The van der Waals surface area contributed by atoms with Crippen molar-refractivity contribution in [1.29, 1.82) is 0 Å². The van der Waals surface area contributed by atoms with E-state index in [2.05, 4.69) is 0 Å². The summed E-state index contributed by atoms with van der Waals surface area (Å²) in [6, 6.07) is 7.89. The molecule has 1 unspecified atom stereocenters. The average Bonchev–Trinajstić information content (AvgIpc) is 3.06. The SMILES string of the molecule is COCC(OC)c1ccccc1C1(O)CC1. The highest BCUT2D eigenvalue weighted by Crippen LogP contribution is 2.47. The molecule has 3 heteroatoms. The van der Waals surface area contributed by atoms with E-state index in [-0.39, 0.29) is 6.10 Å². The highest BCUT2D eigenvalue weighted by Gasteiger charge is 2.44. The molecule has 0 radical (unpaired) electrons. The second-order valence-corrected chi connectivity index (χ2v) is 4.30. The molecule has 16 heavy (non-hydrogen) atoms. The minimum Gasteiger partial charge on any atom is -0.385 e. The van der Waals surface area contributed by atoms with Gasteiger partial charge in [-0.25, -0.2) is 0 Å². The number of aliphatic hydroxyl groups is 1. The van der Waals surface area contributed by atoms with Crippen molar-refractivity contribution in [2.45, 2.75) is 24.5 Å². The standard InChI is InChI=1S/C13H18O3/c1-15-9-12(16-2)10-5-3-4-6-11(10)13(14)7-8-13/h3-6,12,14H,7-9H2,1-2H3. The quantitative estimate of drug-likeness (QED) is 0.828.